The number of pyridine rings is 2. The lowest BCUT2D eigenvalue weighted by Crippen LogP contribution is -2.68. The molecule has 1 aliphatic heterocycles. The third-order valence-electron chi connectivity index (χ3n) is 7.76. The number of nitrogens with one attached hydrogen (secondary N) is 1. The molecule has 2 fully saturated rings. The molecule has 8 nitrogen and oxygen atoms in total. The fraction of sp³-hybridized carbons (Fsp3) is 0.400. The Balaban J connectivity index is 1.50. The van der Waals surface area contributed by atoms with Crippen LogP contribution in [-0.4, -0.2) is 63.7 Å². The van der Waals surface area contributed by atoms with Crippen LogP contribution in [-0.2, 0) is 18.3 Å². The standard InChI is InChI=1S/C25H27N5O3/c1-30-12-24(13-30,25(26)7-8-25)22-20(23(31)32)16-5-3-14-10-27-18(9-17(14)21(16)29-22)15-4-6-19(33-2)28-11-15/h4,6,9-11,29H,3,5,7-8,12-13,26H2,1-2H3,(H,31,32). The third kappa shape index (κ3) is 2.87. The van der Waals surface area contributed by atoms with Crippen molar-refractivity contribution in [2.45, 2.75) is 36.6 Å². The summed E-state index contributed by atoms with van der Waals surface area (Å²) in [7, 11) is 3.65. The Bertz CT molecular complexity index is 1270. The van der Waals surface area contributed by atoms with E-state index in [4.69, 9.17) is 10.5 Å². The van der Waals surface area contributed by atoms with Gasteiger partial charge in [-0.05, 0) is 56.0 Å². The number of likely N-dealkylation sites (tertiary alicyclic amines) is 1. The van der Waals surface area contributed by atoms with Crippen molar-refractivity contribution in [3.05, 3.63) is 53.0 Å². The lowest BCUT2D eigenvalue weighted by atomic mass is 9.68. The van der Waals surface area contributed by atoms with Crippen LogP contribution in [0.5, 0.6) is 5.88 Å². The molecule has 3 aromatic heterocycles. The topological polar surface area (TPSA) is 117 Å². The molecular formula is C25H27N5O3. The lowest BCUT2D eigenvalue weighted by molar-refractivity contribution is 0.0541. The molecular weight excluding hydrogens is 418 g/mol. The van der Waals surface area contributed by atoms with Crippen molar-refractivity contribution >= 4 is 5.97 Å². The van der Waals surface area contributed by atoms with Crippen LogP contribution in [0.25, 0.3) is 22.5 Å². The van der Waals surface area contributed by atoms with Gasteiger partial charge < -0.3 is 25.5 Å². The van der Waals surface area contributed by atoms with Gasteiger partial charge in [0, 0.05) is 53.9 Å². The zero-order chi connectivity index (χ0) is 23.0. The Hall–Kier alpha value is -3.23. The Labute approximate surface area is 191 Å². The first-order valence-electron chi connectivity index (χ1n) is 11.3. The molecule has 0 spiro atoms. The van der Waals surface area contributed by atoms with Gasteiger partial charge in [0.05, 0.1) is 29.5 Å². The van der Waals surface area contributed by atoms with E-state index in [9.17, 15) is 9.90 Å². The molecule has 0 radical (unpaired) electrons. The summed E-state index contributed by atoms with van der Waals surface area (Å²) in [5.74, 6) is -0.330. The van der Waals surface area contributed by atoms with Crippen LogP contribution in [0.15, 0.2) is 30.6 Å². The molecule has 0 bridgehead atoms. The molecule has 0 aromatic carbocycles. The van der Waals surface area contributed by atoms with Crippen LogP contribution in [0.2, 0.25) is 0 Å². The zero-order valence-electron chi connectivity index (χ0n) is 18.8. The number of aromatic carboxylic acids is 1. The van der Waals surface area contributed by atoms with Gasteiger partial charge in [-0.2, -0.15) is 0 Å². The van der Waals surface area contributed by atoms with E-state index >= 15 is 0 Å². The van der Waals surface area contributed by atoms with Gasteiger partial charge in [-0.1, -0.05) is 0 Å². The largest absolute Gasteiger partial charge is 0.481 e. The molecule has 6 rings (SSSR count). The van der Waals surface area contributed by atoms with E-state index in [-0.39, 0.29) is 11.0 Å². The number of carbonyl (C=O) groups is 1. The van der Waals surface area contributed by atoms with Crippen LogP contribution in [0, 0.1) is 0 Å². The summed E-state index contributed by atoms with van der Waals surface area (Å²) in [5, 5.41) is 10.3. The van der Waals surface area contributed by atoms with Gasteiger partial charge in [-0.25, -0.2) is 9.78 Å². The molecule has 4 N–H and O–H groups in total. The number of aromatic amines is 1. The average molecular weight is 446 g/mol. The normalized spacial score (nSPS) is 19.8. The number of aryl methyl sites for hydroxylation is 1. The number of aromatic nitrogens is 3. The lowest BCUT2D eigenvalue weighted by Gasteiger charge is -2.52. The van der Waals surface area contributed by atoms with E-state index in [2.05, 4.69) is 26.9 Å². The molecule has 0 atom stereocenters. The number of hydrogen-bond donors (Lipinski definition) is 3. The number of ether oxygens (including phenoxy) is 1. The maximum absolute atomic E-state index is 12.5. The summed E-state index contributed by atoms with van der Waals surface area (Å²) < 4.78 is 5.16. The monoisotopic (exact) mass is 445 g/mol. The summed E-state index contributed by atoms with van der Waals surface area (Å²) >= 11 is 0. The number of hydrogen-bond acceptors (Lipinski definition) is 6. The van der Waals surface area contributed by atoms with Crippen LogP contribution >= 0.6 is 0 Å². The van der Waals surface area contributed by atoms with Crippen molar-refractivity contribution in [3.63, 3.8) is 0 Å². The van der Waals surface area contributed by atoms with Gasteiger partial charge >= 0.3 is 5.97 Å². The summed E-state index contributed by atoms with van der Waals surface area (Å²) in [6.07, 6.45) is 6.93. The van der Waals surface area contributed by atoms with Crippen molar-refractivity contribution in [1.29, 1.82) is 0 Å². The van der Waals surface area contributed by atoms with Gasteiger partial charge in [0.2, 0.25) is 5.88 Å². The third-order valence-corrected chi connectivity index (χ3v) is 7.76. The van der Waals surface area contributed by atoms with Gasteiger partial charge in [0.1, 0.15) is 0 Å². The van der Waals surface area contributed by atoms with E-state index < -0.39 is 5.97 Å². The summed E-state index contributed by atoms with van der Waals surface area (Å²) in [5.41, 5.74) is 12.9. The highest BCUT2D eigenvalue weighted by atomic mass is 16.5. The predicted molar refractivity (Wildman–Crippen MR) is 124 cm³/mol. The summed E-state index contributed by atoms with van der Waals surface area (Å²) in [6.45, 7) is 1.55. The second kappa shape index (κ2) is 6.88. The van der Waals surface area contributed by atoms with Crippen LogP contribution in [0.3, 0.4) is 0 Å². The predicted octanol–water partition coefficient (Wildman–Crippen LogP) is 2.62. The SMILES string of the molecule is COc1ccc(-c2cc3c(cn2)CCc2c-3[nH]c(C3(C4(N)CC4)CN(C)C3)c2C(=O)O)cn1. The number of nitrogens with zero attached hydrogens (tertiary/aromatic N) is 3. The quantitative estimate of drug-likeness (QED) is 0.553. The van der Waals surface area contributed by atoms with E-state index in [1.54, 1.807) is 13.3 Å². The molecule has 4 heterocycles. The number of H-pyrrole nitrogens is 1. The molecule has 8 heteroatoms. The van der Waals surface area contributed by atoms with E-state index in [0.29, 0.717) is 17.9 Å². The minimum Gasteiger partial charge on any atom is -0.481 e. The number of carboxylic acid groups (broad SMARTS) is 1. The van der Waals surface area contributed by atoms with Gasteiger partial charge in [0.25, 0.3) is 0 Å². The average Bonchev–Trinajstić information content (AvgIpc) is 3.42. The minimum atomic E-state index is -0.877. The highest BCUT2D eigenvalue weighted by molar-refractivity contribution is 5.95. The fourth-order valence-electron chi connectivity index (χ4n) is 5.81. The molecule has 3 aliphatic rings. The number of carboxylic acids is 1. The van der Waals surface area contributed by atoms with Crippen molar-refractivity contribution in [3.8, 4) is 28.4 Å². The molecule has 0 amide bonds. The van der Waals surface area contributed by atoms with Crippen molar-refractivity contribution in [1.82, 2.24) is 19.9 Å². The van der Waals surface area contributed by atoms with Crippen molar-refractivity contribution in [2.24, 2.45) is 5.73 Å². The molecule has 0 unspecified atom stereocenters. The van der Waals surface area contributed by atoms with Crippen LogP contribution in [0.1, 0.15) is 40.0 Å². The molecule has 1 saturated heterocycles. The van der Waals surface area contributed by atoms with E-state index in [1.807, 2.05) is 24.4 Å². The number of rotatable bonds is 5. The number of likely N-dealkylation sites (N-methyl/N-ethyl adjacent to an activating group) is 1. The van der Waals surface area contributed by atoms with Crippen LogP contribution < -0.4 is 10.5 Å². The van der Waals surface area contributed by atoms with Crippen LogP contribution in [0.4, 0.5) is 0 Å². The van der Waals surface area contributed by atoms with Crippen molar-refractivity contribution < 1.29 is 14.6 Å². The molecule has 2 aliphatic carbocycles. The van der Waals surface area contributed by atoms with Gasteiger partial charge in [-0.15, -0.1) is 0 Å². The summed E-state index contributed by atoms with van der Waals surface area (Å²) in [4.78, 5) is 27.3. The molecule has 33 heavy (non-hydrogen) atoms. The van der Waals surface area contributed by atoms with Gasteiger partial charge in [0.15, 0.2) is 0 Å². The Morgan fingerprint density at radius 3 is 2.61 bits per heavy atom. The molecule has 3 aromatic rings. The molecule has 170 valence electrons. The Morgan fingerprint density at radius 2 is 2.00 bits per heavy atom. The Morgan fingerprint density at radius 1 is 1.21 bits per heavy atom. The zero-order valence-corrected chi connectivity index (χ0v) is 18.8. The fourth-order valence-corrected chi connectivity index (χ4v) is 5.81. The first-order valence-corrected chi connectivity index (χ1v) is 11.3. The smallest absolute Gasteiger partial charge is 0.337 e. The second-order valence-electron chi connectivity index (χ2n) is 9.76. The van der Waals surface area contributed by atoms with Crippen molar-refractivity contribution in [2.75, 3.05) is 27.2 Å². The maximum atomic E-state index is 12.5. The second-order valence-corrected chi connectivity index (χ2v) is 9.76. The first-order chi connectivity index (χ1) is 15.8. The first kappa shape index (κ1) is 20.4. The minimum absolute atomic E-state index is 0.335. The highest BCUT2D eigenvalue weighted by Gasteiger charge is 2.64. The number of methoxy groups -OCH3 is 1. The molecule has 1 saturated carbocycles. The van der Waals surface area contributed by atoms with E-state index in [0.717, 1.165) is 71.7 Å². The van der Waals surface area contributed by atoms with Gasteiger partial charge in [-0.3, -0.25) is 4.98 Å². The number of nitrogens with two attached hydrogens (primary N) is 1. The van der Waals surface area contributed by atoms with E-state index in [1.165, 1.54) is 0 Å². The maximum Gasteiger partial charge on any atom is 0.337 e. The number of fused-ring (bicyclic) bond motifs is 3. The summed E-state index contributed by atoms with van der Waals surface area (Å²) in [6, 6.07) is 5.78. The Kier molecular flexibility index (Phi) is 4.25. The highest BCUT2D eigenvalue weighted by Crippen LogP contribution is 2.55.